The highest BCUT2D eigenvalue weighted by Crippen LogP contribution is 2.35. The van der Waals surface area contributed by atoms with Gasteiger partial charge < -0.3 is 14.0 Å². The molecule has 3 nitrogen and oxygen atoms in total. The first-order valence-corrected chi connectivity index (χ1v) is 11.4. The van der Waals surface area contributed by atoms with Gasteiger partial charge in [-0.15, -0.1) is 0 Å². The minimum atomic E-state index is -0.913. The van der Waals surface area contributed by atoms with Gasteiger partial charge in [0.25, 0.3) is 0 Å². The zero-order valence-corrected chi connectivity index (χ0v) is 17.5. The third-order valence-electron chi connectivity index (χ3n) is 4.87. The smallest absolute Gasteiger partial charge is 0.216 e. The number of hydrogen-bond donors (Lipinski definition) is 0. The van der Waals surface area contributed by atoms with Crippen molar-refractivity contribution in [1.29, 1.82) is 0 Å². The molecule has 0 spiro atoms. The molecule has 1 fully saturated rings. The van der Waals surface area contributed by atoms with Gasteiger partial charge in [0.1, 0.15) is 11.5 Å². The molecule has 146 valence electrons. The predicted molar refractivity (Wildman–Crippen MR) is 112 cm³/mol. The van der Waals surface area contributed by atoms with Crippen molar-refractivity contribution in [3.63, 3.8) is 0 Å². The molecule has 5 heteroatoms. The van der Waals surface area contributed by atoms with Crippen molar-refractivity contribution in [2.75, 3.05) is 12.4 Å². The van der Waals surface area contributed by atoms with Crippen molar-refractivity contribution in [3.8, 4) is 5.75 Å². The largest absolute Gasteiger partial charge is 0.614 e. The highest BCUT2D eigenvalue weighted by molar-refractivity contribution is 7.91. The molecule has 27 heavy (non-hydrogen) atoms. The van der Waals surface area contributed by atoms with Crippen LogP contribution in [0, 0.1) is 0 Å². The fraction of sp³-hybridized carbons (Fsp3) is 0.455. The molecule has 3 atom stereocenters. The van der Waals surface area contributed by atoms with Crippen molar-refractivity contribution in [3.05, 3.63) is 64.2 Å². The molecule has 1 unspecified atom stereocenters. The Kier molecular flexibility index (Phi) is 7.48. The van der Waals surface area contributed by atoms with Crippen LogP contribution < -0.4 is 4.74 Å². The maximum atomic E-state index is 12.1. The summed E-state index contributed by atoms with van der Waals surface area (Å²) >= 11 is 5.54. The molecule has 0 saturated carbocycles. The second kappa shape index (κ2) is 9.83. The maximum absolute atomic E-state index is 12.1. The molecule has 3 rings (SSSR count). The van der Waals surface area contributed by atoms with Gasteiger partial charge in [0.05, 0.1) is 12.7 Å². The normalized spacial score (nSPS) is 21.0. The Morgan fingerprint density at radius 1 is 1.15 bits per heavy atom. The number of halogens is 1. The van der Waals surface area contributed by atoms with Crippen LogP contribution in [0.2, 0.25) is 5.02 Å². The Labute approximate surface area is 170 Å². The lowest BCUT2D eigenvalue weighted by Gasteiger charge is -2.31. The van der Waals surface area contributed by atoms with Gasteiger partial charge in [-0.1, -0.05) is 35.9 Å². The highest BCUT2D eigenvalue weighted by Gasteiger charge is 2.30. The number of rotatable bonds is 7. The van der Waals surface area contributed by atoms with E-state index in [0.717, 1.165) is 47.6 Å². The van der Waals surface area contributed by atoms with Crippen LogP contribution >= 0.6 is 11.6 Å². The van der Waals surface area contributed by atoms with E-state index in [1.165, 1.54) is 5.56 Å². The topological polar surface area (TPSA) is 41.5 Å². The monoisotopic (exact) mass is 406 g/mol. The van der Waals surface area contributed by atoms with Crippen LogP contribution in [0.15, 0.2) is 42.5 Å². The Morgan fingerprint density at radius 3 is 2.63 bits per heavy atom. The van der Waals surface area contributed by atoms with Crippen LogP contribution in [0.1, 0.15) is 55.9 Å². The van der Waals surface area contributed by atoms with E-state index in [1.807, 2.05) is 38.1 Å². The van der Waals surface area contributed by atoms with Crippen molar-refractivity contribution in [1.82, 2.24) is 0 Å². The fourth-order valence-corrected chi connectivity index (χ4v) is 4.68. The highest BCUT2D eigenvalue weighted by atomic mass is 35.5. The van der Waals surface area contributed by atoms with Gasteiger partial charge in [-0.3, -0.25) is 0 Å². The average molecular weight is 407 g/mol. The second-order valence-corrected chi connectivity index (χ2v) is 9.03. The van der Waals surface area contributed by atoms with Crippen LogP contribution in [0.3, 0.4) is 0 Å². The van der Waals surface area contributed by atoms with Crippen molar-refractivity contribution in [2.45, 2.75) is 51.1 Å². The lowest BCUT2D eigenvalue weighted by atomic mass is 9.97. The zero-order valence-electron chi connectivity index (χ0n) is 15.9. The van der Waals surface area contributed by atoms with Crippen LogP contribution in [-0.2, 0) is 22.3 Å². The molecule has 2 aromatic carbocycles. The summed E-state index contributed by atoms with van der Waals surface area (Å²) in [6.45, 7) is 4.59. The number of hydrogen-bond acceptors (Lipinski definition) is 3. The van der Waals surface area contributed by atoms with Gasteiger partial charge in [-0.05, 0) is 79.2 Å². The van der Waals surface area contributed by atoms with E-state index in [2.05, 4.69) is 18.2 Å². The van der Waals surface area contributed by atoms with E-state index in [1.54, 1.807) is 0 Å². The average Bonchev–Trinajstić information content (AvgIpc) is 2.71. The lowest BCUT2D eigenvalue weighted by molar-refractivity contribution is -0.00999. The maximum Gasteiger partial charge on any atom is 0.216 e. The second-order valence-electron chi connectivity index (χ2n) is 6.76. The molecule has 1 heterocycles. The van der Waals surface area contributed by atoms with Crippen molar-refractivity contribution < 1.29 is 14.0 Å². The molecule has 1 aliphatic heterocycles. The fourth-order valence-electron chi connectivity index (χ4n) is 3.43. The number of benzene rings is 2. The molecule has 0 radical (unpaired) electrons. The van der Waals surface area contributed by atoms with Crippen molar-refractivity contribution >= 4 is 22.8 Å². The standard InChI is InChI=1S/C22H27ClO3S/c1-3-25-19-11-8-16(9-12-19)14-18-15-17(10-13-20(18)23)21-6-5-7-22(26-21)27(24)4-2/h8-13,15,21-22H,3-7,14H2,1-2H3/t21-,22+,27?/m0/s1. The minimum absolute atomic E-state index is 0.00408. The molecule has 1 saturated heterocycles. The Balaban J connectivity index is 1.74. The summed E-state index contributed by atoms with van der Waals surface area (Å²) in [7, 11) is 0. The van der Waals surface area contributed by atoms with E-state index < -0.39 is 11.2 Å². The summed E-state index contributed by atoms with van der Waals surface area (Å²) in [5.41, 5.74) is 3.24. The molecule has 0 amide bonds. The first kappa shape index (κ1) is 20.5. The molecular formula is C22H27ClO3S. The number of ether oxygens (including phenoxy) is 2. The summed E-state index contributed by atoms with van der Waals surface area (Å²) in [5, 5.41) is 0.761. The van der Waals surface area contributed by atoms with Gasteiger partial charge in [0, 0.05) is 11.4 Å². The Hall–Kier alpha value is -1.20. The van der Waals surface area contributed by atoms with E-state index in [4.69, 9.17) is 21.1 Å². The molecule has 0 aromatic heterocycles. The van der Waals surface area contributed by atoms with Crippen LogP contribution in [0.4, 0.5) is 0 Å². The molecule has 2 aromatic rings. The van der Waals surface area contributed by atoms with Crippen LogP contribution in [-0.4, -0.2) is 22.3 Å². The van der Waals surface area contributed by atoms with Gasteiger partial charge in [-0.2, -0.15) is 0 Å². The molecule has 0 bridgehead atoms. The minimum Gasteiger partial charge on any atom is -0.614 e. The molecule has 0 aliphatic carbocycles. The molecular weight excluding hydrogens is 380 g/mol. The lowest BCUT2D eigenvalue weighted by Crippen LogP contribution is -2.31. The molecule has 0 N–H and O–H groups in total. The first-order valence-electron chi connectivity index (χ1n) is 9.63. The zero-order chi connectivity index (χ0) is 19.2. The van der Waals surface area contributed by atoms with Gasteiger partial charge in [-0.25, -0.2) is 0 Å². The van der Waals surface area contributed by atoms with Crippen LogP contribution in [0.5, 0.6) is 5.75 Å². The SMILES string of the molecule is CCOc1ccc(Cc2cc([C@@H]3CCC[C@@H]([S+]([O-])CC)O3)ccc2Cl)cc1. The van der Waals surface area contributed by atoms with Gasteiger partial charge >= 0.3 is 0 Å². The summed E-state index contributed by atoms with van der Waals surface area (Å²) < 4.78 is 23.8. The van der Waals surface area contributed by atoms with E-state index >= 15 is 0 Å². The first-order chi connectivity index (χ1) is 13.1. The Bertz CT molecular complexity index is 735. The van der Waals surface area contributed by atoms with Gasteiger partial charge in [0.2, 0.25) is 5.44 Å². The van der Waals surface area contributed by atoms with Gasteiger partial charge in [0.15, 0.2) is 0 Å². The Morgan fingerprint density at radius 2 is 1.93 bits per heavy atom. The van der Waals surface area contributed by atoms with Crippen molar-refractivity contribution in [2.24, 2.45) is 0 Å². The summed E-state index contributed by atoms with van der Waals surface area (Å²) in [6, 6.07) is 14.3. The summed E-state index contributed by atoms with van der Waals surface area (Å²) in [5.74, 6) is 1.52. The van der Waals surface area contributed by atoms with E-state index in [9.17, 15) is 4.55 Å². The molecule has 1 aliphatic rings. The van der Waals surface area contributed by atoms with Crippen LogP contribution in [0.25, 0.3) is 0 Å². The summed E-state index contributed by atoms with van der Waals surface area (Å²) in [4.78, 5) is 0. The van der Waals surface area contributed by atoms with E-state index in [0.29, 0.717) is 12.4 Å². The summed E-state index contributed by atoms with van der Waals surface area (Å²) in [6.07, 6.45) is 3.63. The third-order valence-corrected chi connectivity index (χ3v) is 6.74. The van der Waals surface area contributed by atoms with E-state index in [-0.39, 0.29) is 11.5 Å². The predicted octanol–water partition coefficient (Wildman–Crippen LogP) is 5.67. The quantitative estimate of drug-likeness (QED) is 0.556. The third kappa shape index (κ3) is 5.41.